The van der Waals surface area contributed by atoms with Crippen LogP contribution in [0.25, 0.3) is 10.8 Å². The molecule has 4 nitrogen and oxygen atoms in total. The zero-order valence-corrected chi connectivity index (χ0v) is 13.9. The average molecular weight is 333 g/mol. The van der Waals surface area contributed by atoms with Crippen LogP contribution in [0, 0.1) is 5.92 Å². The Morgan fingerprint density at radius 1 is 1.00 bits per heavy atom. The summed E-state index contributed by atoms with van der Waals surface area (Å²) < 4.78 is 5.21. The first-order chi connectivity index (χ1) is 12.2. The molecule has 2 heterocycles. The molecular weight excluding hydrogens is 314 g/mol. The molecule has 4 heteroatoms. The second-order valence-electron chi connectivity index (χ2n) is 6.46. The van der Waals surface area contributed by atoms with Gasteiger partial charge < -0.3 is 9.32 Å². The zero-order chi connectivity index (χ0) is 17.2. The molecule has 1 fully saturated rings. The number of rotatable bonds is 3. The van der Waals surface area contributed by atoms with Crippen LogP contribution in [0.5, 0.6) is 0 Å². The van der Waals surface area contributed by atoms with Crippen LogP contribution in [-0.4, -0.2) is 29.7 Å². The first-order valence-electron chi connectivity index (χ1n) is 8.59. The molecule has 0 radical (unpaired) electrons. The summed E-state index contributed by atoms with van der Waals surface area (Å²) in [5.74, 6) is 0.144. The highest BCUT2D eigenvalue weighted by Crippen LogP contribution is 2.26. The van der Waals surface area contributed by atoms with Gasteiger partial charge in [-0.1, -0.05) is 42.5 Å². The van der Waals surface area contributed by atoms with E-state index in [2.05, 4.69) is 0 Å². The topological polar surface area (TPSA) is 50.5 Å². The van der Waals surface area contributed by atoms with E-state index < -0.39 is 0 Å². The van der Waals surface area contributed by atoms with Gasteiger partial charge in [-0.25, -0.2) is 0 Å². The highest BCUT2D eigenvalue weighted by atomic mass is 16.3. The standard InChI is InChI=1S/C21H19NO3/c23-20(18-10-3-7-15-6-1-2-9-17(15)18)16-8-4-12-22(14-16)21(24)19-11-5-13-25-19/h1-3,5-7,9-11,13,16H,4,8,12,14H2. The van der Waals surface area contributed by atoms with Crippen molar-refractivity contribution in [1.29, 1.82) is 0 Å². The molecule has 2 aromatic carbocycles. The van der Waals surface area contributed by atoms with Crippen LogP contribution in [0.15, 0.2) is 65.3 Å². The van der Waals surface area contributed by atoms with E-state index in [9.17, 15) is 9.59 Å². The Bertz CT molecular complexity index is 909. The molecule has 4 rings (SSSR count). The van der Waals surface area contributed by atoms with E-state index >= 15 is 0 Å². The summed E-state index contributed by atoms with van der Waals surface area (Å²) in [5, 5.41) is 2.04. The summed E-state index contributed by atoms with van der Waals surface area (Å²) in [4.78, 5) is 27.3. The van der Waals surface area contributed by atoms with E-state index in [1.54, 1.807) is 17.0 Å². The third-order valence-electron chi connectivity index (χ3n) is 4.87. The molecule has 1 amide bonds. The van der Waals surface area contributed by atoms with Crippen LogP contribution in [0.4, 0.5) is 0 Å². The Morgan fingerprint density at radius 2 is 1.84 bits per heavy atom. The van der Waals surface area contributed by atoms with Crippen molar-refractivity contribution >= 4 is 22.5 Å². The van der Waals surface area contributed by atoms with Gasteiger partial charge in [0.2, 0.25) is 0 Å². The number of amides is 1. The fraction of sp³-hybridized carbons (Fsp3) is 0.238. The predicted octanol–water partition coefficient (Wildman–Crippen LogP) is 4.17. The highest BCUT2D eigenvalue weighted by Gasteiger charge is 2.30. The lowest BCUT2D eigenvalue weighted by atomic mass is 9.88. The molecule has 1 aliphatic heterocycles. The monoisotopic (exact) mass is 333 g/mol. The molecule has 0 aliphatic carbocycles. The maximum Gasteiger partial charge on any atom is 0.289 e. The van der Waals surface area contributed by atoms with Gasteiger partial charge in [-0.15, -0.1) is 0 Å². The second-order valence-corrected chi connectivity index (χ2v) is 6.46. The number of fused-ring (bicyclic) bond motifs is 1. The van der Waals surface area contributed by atoms with Crippen LogP contribution in [0.1, 0.15) is 33.8 Å². The molecule has 1 aromatic heterocycles. The number of furan rings is 1. The maximum atomic E-state index is 13.1. The second kappa shape index (κ2) is 6.55. The number of carbonyl (C=O) groups excluding carboxylic acids is 2. The predicted molar refractivity (Wildman–Crippen MR) is 95.6 cm³/mol. The summed E-state index contributed by atoms with van der Waals surface area (Å²) >= 11 is 0. The van der Waals surface area contributed by atoms with E-state index in [0.717, 1.165) is 29.2 Å². The number of hydrogen-bond donors (Lipinski definition) is 0. The Kier molecular flexibility index (Phi) is 4.10. The maximum absolute atomic E-state index is 13.1. The van der Waals surface area contributed by atoms with Gasteiger partial charge in [0.15, 0.2) is 11.5 Å². The van der Waals surface area contributed by atoms with Gasteiger partial charge in [0.25, 0.3) is 5.91 Å². The number of piperidine rings is 1. The van der Waals surface area contributed by atoms with Gasteiger partial charge in [-0.3, -0.25) is 9.59 Å². The summed E-state index contributed by atoms with van der Waals surface area (Å²) in [6.07, 6.45) is 3.13. The van der Waals surface area contributed by atoms with Crippen molar-refractivity contribution in [3.8, 4) is 0 Å². The fourth-order valence-electron chi connectivity index (χ4n) is 3.59. The Hall–Kier alpha value is -2.88. The van der Waals surface area contributed by atoms with Crippen molar-refractivity contribution < 1.29 is 14.0 Å². The SMILES string of the molecule is O=C(c1cccc2ccccc12)C1CCCN(C(=O)c2ccco2)C1. The van der Waals surface area contributed by atoms with E-state index in [1.165, 1.54) is 6.26 Å². The van der Waals surface area contributed by atoms with Crippen molar-refractivity contribution in [1.82, 2.24) is 4.90 Å². The lowest BCUT2D eigenvalue weighted by Crippen LogP contribution is -2.42. The van der Waals surface area contributed by atoms with Crippen molar-refractivity contribution in [2.75, 3.05) is 13.1 Å². The van der Waals surface area contributed by atoms with Crippen LogP contribution < -0.4 is 0 Å². The largest absolute Gasteiger partial charge is 0.459 e. The normalized spacial score (nSPS) is 17.6. The number of carbonyl (C=O) groups is 2. The van der Waals surface area contributed by atoms with Crippen molar-refractivity contribution in [2.45, 2.75) is 12.8 Å². The number of ketones is 1. The lowest BCUT2D eigenvalue weighted by molar-refractivity contribution is 0.0611. The fourth-order valence-corrected chi connectivity index (χ4v) is 3.59. The minimum Gasteiger partial charge on any atom is -0.459 e. The third-order valence-corrected chi connectivity index (χ3v) is 4.87. The minimum atomic E-state index is -0.168. The number of nitrogens with zero attached hydrogens (tertiary/aromatic N) is 1. The molecule has 1 saturated heterocycles. The molecule has 126 valence electrons. The van der Waals surface area contributed by atoms with Crippen LogP contribution in [-0.2, 0) is 0 Å². The number of Topliss-reactive ketones (excluding diaryl/α,β-unsaturated/α-hetero) is 1. The molecule has 3 aromatic rings. The molecule has 0 N–H and O–H groups in total. The van der Waals surface area contributed by atoms with Crippen molar-refractivity contribution in [3.63, 3.8) is 0 Å². The van der Waals surface area contributed by atoms with Gasteiger partial charge in [-0.05, 0) is 35.7 Å². The van der Waals surface area contributed by atoms with Crippen molar-refractivity contribution in [3.05, 3.63) is 72.2 Å². The molecule has 0 spiro atoms. The summed E-state index contributed by atoms with van der Waals surface area (Å²) in [7, 11) is 0. The number of hydrogen-bond acceptors (Lipinski definition) is 3. The van der Waals surface area contributed by atoms with Gasteiger partial charge in [-0.2, -0.15) is 0 Å². The molecule has 1 aliphatic rings. The summed E-state index contributed by atoms with van der Waals surface area (Å²) in [6, 6.07) is 17.1. The first-order valence-corrected chi connectivity index (χ1v) is 8.59. The summed E-state index contributed by atoms with van der Waals surface area (Å²) in [6.45, 7) is 1.11. The van der Waals surface area contributed by atoms with Crippen molar-refractivity contribution in [2.24, 2.45) is 5.92 Å². The van der Waals surface area contributed by atoms with E-state index in [1.807, 2.05) is 42.5 Å². The Labute approximate surface area is 146 Å². The number of benzene rings is 2. The Morgan fingerprint density at radius 3 is 2.68 bits per heavy atom. The molecule has 1 atom stereocenters. The first kappa shape index (κ1) is 15.6. The van der Waals surface area contributed by atoms with Gasteiger partial charge in [0.05, 0.1) is 6.26 Å². The van der Waals surface area contributed by atoms with Gasteiger partial charge in [0.1, 0.15) is 0 Å². The van der Waals surface area contributed by atoms with Gasteiger partial charge in [0, 0.05) is 24.6 Å². The third kappa shape index (κ3) is 2.95. The molecule has 25 heavy (non-hydrogen) atoms. The average Bonchev–Trinajstić information content (AvgIpc) is 3.21. The molecule has 0 bridgehead atoms. The molecule has 0 saturated carbocycles. The van der Waals surface area contributed by atoms with Crippen LogP contribution in [0.3, 0.4) is 0 Å². The smallest absolute Gasteiger partial charge is 0.289 e. The minimum absolute atomic E-state index is 0.119. The number of likely N-dealkylation sites (tertiary alicyclic amines) is 1. The van der Waals surface area contributed by atoms with E-state index in [4.69, 9.17) is 4.42 Å². The lowest BCUT2D eigenvalue weighted by Gasteiger charge is -2.31. The molecule has 1 unspecified atom stereocenters. The summed E-state index contributed by atoms with van der Waals surface area (Å²) in [5.41, 5.74) is 0.746. The molecular formula is C21H19NO3. The zero-order valence-electron chi connectivity index (χ0n) is 13.9. The quantitative estimate of drug-likeness (QED) is 0.676. The highest BCUT2D eigenvalue weighted by molar-refractivity contribution is 6.09. The van der Waals surface area contributed by atoms with E-state index in [0.29, 0.717) is 18.8 Å². The van der Waals surface area contributed by atoms with Crippen LogP contribution in [0.2, 0.25) is 0 Å². The Balaban J connectivity index is 1.58. The van der Waals surface area contributed by atoms with E-state index in [-0.39, 0.29) is 17.6 Å². The van der Waals surface area contributed by atoms with Crippen LogP contribution >= 0.6 is 0 Å². The van der Waals surface area contributed by atoms with Gasteiger partial charge >= 0.3 is 0 Å².